The van der Waals surface area contributed by atoms with Crippen LogP contribution < -0.4 is 0 Å². The lowest BCUT2D eigenvalue weighted by Crippen LogP contribution is -2.40. The molecule has 1 aliphatic heterocycles. The highest BCUT2D eigenvalue weighted by atomic mass is 32.2. The second-order valence-corrected chi connectivity index (χ2v) is 6.28. The van der Waals surface area contributed by atoms with Crippen LogP contribution in [0.4, 0.5) is 0 Å². The molecule has 0 bridgehead atoms. The van der Waals surface area contributed by atoms with Crippen molar-refractivity contribution in [3.05, 3.63) is 84.1 Å². The summed E-state index contributed by atoms with van der Waals surface area (Å²) >= 11 is -2.59. The van der Waals surface area contributed by atoms with Crippen molar-refractivity contribution >= 4 is 17.2 Å². The molecule has 5 heteroatoms. The zero-order valence-electron chi connectivity index (χ0n) is 12.4. The number of benzene rings is 2. The minimum absolute atomic E-state index is 0.135. The molecule has 2 aromatic carbocycles. The molecule has 1 aliphatic rings. The van der Waals surface area contributed by atoms with Gasteiger partial charge in [-0.3, -0.25) is 9.00 Å². The fraction of sp³-hybridized carbons (Fsp3) is 0.167. The maximum Gasteiger partial charge on any atom is 0.241 e. The molecule has 118 valence electrons. The highest BCUT2D eigenvalue weighted by molar-refractivity contribution is 7.77. The summed E-state index contributed by atoms with van der Waals surface area (Å²) in [4.78, 5) is 12.6. The largest absolute Gasteiger partial charge is 0.755 e. The summed E-state index contributed by atoms with van der Waals surface area (Å²) in [7, 11) is 0. The zero-order valence-corrected chi connectivity index (χ0v) is 13.2. The van der Waals surface area contributed by atoms with Crippen molar-refractivity contribution < 1.29 is 13.6 Å². The number of hydrogen-bond acceptors (Lipinski definition) is 3. The Morgan fingerprint density at radius 2 is 1.61 bits per heavy atom. The monoisotopic (exact) mass is 326 g/mol. The molecule has 0 aliphatic carbocycles. The molecule has 0 saturated heterocycles. The van der Waals surface area contributed by atoms with Crippen molar-refractivity contribution in [1.29, 1.82) is 0 Å². The van der Waals surface area contributed by atoms with E-state index in [0.717, 1.165) is 15.4 Å². The van der Waals surface area contributed by atoms with Gasteiger partial charge in [0.1, 0.15) is 0 Å². The van der Waals surface area contributed by atoms with Gasteiger partial charge in [-0.1, -0.05) is 66.7 Å². The number of amides is 1. The van der Waals surface area contributed by atoms with Gasteiger partial charge in [0, 0.05) is 12.1 Å². The fourth-order valence-corrected chi connectivity index (χ4v) is 3.37. The van der Waals surface area contributed by atoms with Gasteiger partial charge < -0.3 is 4.55 Å². The quantitative estimate of drug-likeness (QED) is 0.812. The molecular weight excluding hydrogens is 310 g/mol. The summed E-state index contributed by atoms with van der Waals surface area (Å²) < 4.78 is 23.3. The van der Waals surface area contributed by atoms with Crippen molar-refractivity contribution in [3.63, 3.8) is 0 Å². The first-order valence-corrected chi connectivity index (χ1v) is 8.39. The summed E-state index contributed by atoms with van der Waals surface area (Å²) in [5.74, 6) is -0.968. The van der Waals surface area contributed by atoms with Crippen LogP contribution in [-0.4, -0.2) is 19.0 Å². The molecule has 23 heavy (non-hydrogen) atoms. The molecule has 1 unspecified atom stereocenters. The van der Waals surface area contributed by atoms with Crippen molar-refractivity contribution in [3.8, 4) is 0 Å². The topological polar surface area (TPSA) is 60.4 Å². The first-order valence-electron chi connectivity index (χ1n) is 7.36. The third-order valence-corrected chi connectivity index (χ3v) is 4.66. The van der Waals surface area contributed by atoms with E-state index in [1.807, 2.05) is 60.7 Å². The van der Waals surface area contributed by atoms with Gasteiger partial charge in [-0.2, -0.15) is 0 Å². The Hall–Kier alpha value is -2.24. The molecule has 0 fully saturated rings. The Balaban J connectivity index is 1.97. The normalized spacial score (nSPS) is 22.1. The average molecular weight is 326 g/mol. The first kappa shape index (κ1) is 15.6. The standard InChI is InChI=1S/C18H17NO3S/c20-18-17(13-14-7-3-1-4-8-14)16(11-12-19(18)23(21)22)15-9-5-2-6-10-15/h1-12,16-17H,13H2,(H,21,22)/p-1/t16-,17+/m1/s1. The van der Waals surface area contributed by atoms with Crippen molar-refractivity contribution in [2.45, 2.75) is 12.3 Å². The highest BCUT2D eigenvalue weighted by Crippen LogP contribution is 2.34. The molecule has 0 N–H and O–H groups in total. The number of rotatable bonds is 4. The lowest BCUT2D eigenvalue weighted by molar-refractivity contribution is -0.130. The molecule has 0 saturated carbocycles. The van der Waals surface area contributed by atoms with E-state index in [0.29, 0.717) is 6.42 Å². The zero-order chi connectivity index (χ0) is 16.2. The van der Waals surface area contributed by atoms with E-state index < -0.39 is 23.1 Å². The molecule has 0 spiro atoms. The summed E-state index contributed by atoms with van der Waals surface area (Å²) in [6.07, 6.45) is 3.64. The van der Waals surface area contributed by atoms with E-state index in [9.17, 15) is 13.6 Å². The van der Waals surface area contributed by atoms with Gasteiger partial charge in [-0.05, 0) is 17.5 Å². The Morgan fingerprint density at radius 3 is 2.22 bits per heavy atom. The number of carbonyl (C=O) groups is 1. The first-order chi connectivity index (χ1) is 11.2. The summed E-state index contributed by atoms with van der Waals surface area (Å²) in [6, 6.07) is 19.3. The molecule has 0 aromatic heterocycles. The fourth-order valence-electron chi connectivity index (χ4n) is 2.92. The van der Waals surface area contributed by atoms with Crippen LogP contribution in [0.15, 0.2) is 72.9 Å². The second kappa shape index (κ2) is 6.89. The third kappa shape index (κ3) is 3.41. The molecular formula is C18H16NO3S-. The lowest BCUT2D eigenvalue weighted by Gasteiger charge is -2.34. The molecule has 3 rings (SSSR count). The molecule has 3 atom stereocenters. The van der Waals surface area contributed by atoms with Crippen molar-refractivity contribution in [1.82, 2.24) is 4.31 Å². The summed E-state index contributed by atoms with van der Waals surface area (Å²) in [5.41, 5.74) is 2.02. The number of hydrogen-bond donors (Lipinski definition) is 0. The van der Waals surface area contributed by atoms with E-state index >= 15 is 0 Å². The van der Waals surface area contributed by atoms with E-state index in [4.69, 9.17) is 0 Å². The van der Waals surface area contributed by atoms with Crippen LogP contribution in [0.1, 0.15) is 17.0 Å². The van der Waals surface area contributed by atoms with E-state index in [2.05, 4.69) is 0 Å². The van der Waals surface area contributed by atoms with E-state index in [1.54, 1.807) is 6.08 Å². The number of nitrogens with zero attached hydrogens (tertiary/aromatic N) is 1. The molecule has 4 nitrogen and oxygen atoms in total. The minimum atomic E-state index is -2.59. The Morgan fingerprint density at radius 1 is 1.00 bits per heavy atom. The average Bonchev–Trinajstić information content (AvgIpc) is 2.58. The minimum Gasteiger partial charge on any atom is -0.755 e. The predicted octanol–water partition coefficient (Wildman–Crippen LogP) is 2.78. The van der Waals surface area contributed by atoms with Crippen LogP contribution in [-0.2, 0) is 22.5 Å². The molecule has 2 aromatic rings. The van der Waals surface area contributed by atoms with E-state index in [1.165, 1.54) is 6.20 Å². The van der Waals surface area contributed by atoms with Crippen LogP contribution in [0.25, 0.3) is 0 Å². The van der Waals surface area contributed by atoms with Crippen LogP contribution in [0, 0.1) is 5.92 Å². The maximum atomic E-state index is 12.6. The molecule has 1 heterocycles. The van der Waals surface area contributed by atoms with Gasteiger partial charge in [-0.15, -0.1) is 0 Å². The highest BCUT2D eigenvalue weighted by Gasteiger charge is 2.34. The Bertz CT molecular complexity index is 730. The van der Waals surface area contributed by atoms with Crippen LogP contribution in [0.3, 0.4) is 0 Å². The van der Waals surface area contributed by atoms with Crippen LogP contribution in [0.5, 0.6) is 0 Å². The number of allylic oxidation sites excluding steroid dienone is 1. The number of carbonyl (C=O) groups excluding carboxylic acids is 1. The molecule has 1 amide bonds. The maximum absolute atomic E-state index is 12.6. The van der Waals surface area contributed by atoms with Gasteiger partial charge in [0.05, 0.1) is 17.2 Å². The van der Waals surface area contributed by atoms with Gasteiger partial charge >= 0.3 is 0 Å². The van der Waals surface area contributed by atoms with Gasteiger partial charge in [0.25, 0.3) is 0 Å². The van der Waals surface area contributed by atoms with Crippen LogP contribution in [0.2, 0.25) is 0 Å². The lowest BCUT2D eigenvalue weighted by atomic mass is 9.80. The SMILES string of the molecule is O=C1[C@@H](Cc2ccccc2)[C@@H](c2ccccc2)C=CN1S(=O)[O-]. The smallest absolute Gasteiger partial charge is 0.241 e. The van der Waals surface area contributed by atoms with Gasteiger partial charge in [0.2, 0.25) is 5.91 Å². The van der Waals surface area contributed by atoms with Gasteiger partial charge in [-0.25, -0.2) is 4.31 Å². The Labute approximate surface area is 137 Å². The summed E-state index contributed by atoms with van der Waals surface area (Å²) in [6.45, 7) is 0. The Kier molecular flexibility index (Phi) is 4.69. The van der Waals surface area contributed by atoms with Gasteiger partial charge in [0.15, 0.2) is 0 Å². The van der Waals surface area contributed by atoms with E-state index in [-0.39, 0.29) is 5.92 Å². The van der Waals surface area contributed by atoms with Crippen molar-refractivity contribution in [2.24, 2.45) is 5.92 Å². The third-order valence-electron chi connectivity index (χ3n) is 4.04. The predicted molar refractivity (Wildman–Crippen MR) is 87.7 cm³/mol. The second-order valence-electron chi connectivity index (χ2n) is 5.46. The summed E-state index contributed by atoms with van der Waals surface area (Å²) in [5, 5.41) is 0. The van der Waals surface area contributed by atoms with Crippen molar-refractivity contribution in [2.75, 3.05) is 0 Å². The molecule has 0 radical (unpaired) electrons. The van der Waals surface area contributed by atoms with Crippen LogP contribution >= 0.6 is 0 Å².